The van der Waals surface area contributed by atoms with Gasteiger partial charge < -0.3 is 4.74 Å². The Balaban J connectivity index is 2.09. The highest BCUT2D eigenvalue weighted by Crippen LogP contribution is 2.29. The van der Waals surface area contributed by atoms with Crippen molar-refractivity contribution in [3.8, 4) is 5.75 Å². The van der Waals surface area contributed by atoms with Crippen LogP contribution in [0.5, 0.6) is 5.75 Å². The van der Waals surface area contributed by atoms with E-state index in [1.807, 2.05) is 0 Å². The van der Waals surface area contributed by atoms with Gasteiger partial charge in [0.1, 0.15) is 5.75 Å². The standard InChI is InChI=1S/C14H9ClN2O6/c15-12-8-11(17(21)22)4-5-13(12)23-14(18)7-9-2-1-3-10(6-9)16(19)20/h1-6,8H,7H2. The Morgan fingerprint density at radius 3 is 2.30 bits per heavy atom. The topological polar surface area (TPSA) is 113 Å². The van der Waals surface area contributed by atoms with Crippen LogP contribution in [0.4, 0.5) is 11.4 Å². The molecule has 0 aromatic heterocycles. The molecule has 0 spiro atoms. The fourth-order valence-corrected chi connectivity index (χ4v) is 2.00. The summed E-state index contributed by atoms with van der Waals surface area (Å²) < 4.78 is 5.02. The largest absolute Gasteiger partial charge is 0.425 e. The zero-order chi connectivity index (χ0) is 17.0. The summed E-state index contributed by atoms with van der Waals surface area (Å²) in [5, 5.41) is 21.2. The van der Waals surface area contributed by atoms with Gasteiger partial charge in [0.15, 0.2) is 0 Å². The van der Waals surface area contributed by atoms with Crippen LogP contribution >= 0.6 is 11.6 Å². The van der Waals surface area contributed by atoms with Gasteiger partial charge in [-0.25, -0.2) is 0 Å². The van der Waals surface area contributed by atoms with Crippen molar-refractivity contribution in [2.45, 2.75) is 6.42 Å². The molecule has 0 aliphatic heterocycles. The maximum absolute atomic E-state index is 11.8. The number of hydrogen-bond acceptors (Lipinski definition) is 6. The van der Waals surface area contributed by atoms with Crippen LogP contribution in [-0.2, 0) is 11.2 Å². The van der Waals surface area contributed by atoms with E-state index in [2.05, 4.69) is 0 Å². The lowest BCUT2D eigenvalue weighted by atomic mass is 10.1. The Kier molecular flexibility index (Phi) is 4.87. The van der Waals surface area contributed by atoms with E-state index in [4.69, 9.17) is 16.3 Å². The van der Waals surface area contributed by atoms with E-state index in [0.29, 0.717) is 5.56 Å². The molecule has 0 aliphatic rings. The summed E-state index contributed by atoms with van der Waals surface area (Å²) in [6.07, 6.45) is -0.199. The molecule has 0 heterocycles. The van der Waals surface area contributed by atoms with Gasteiger partial charge >= 0.3 is 5.97 Å². The third kappa shape index (κ3) is 4.24. The van der Waals surface area contributed by atoms with E-state index < -0.39 is 15.8 Å². The molecule has 118 valence electrons. The van der Waals surface area contributed by atoms with Gasteiger partial charge in [0.2, 0.25) is 0 Å². The highest BCUT2D eigenvalue weighted by Gasteiger charge is 2.15. The Bertz CT molecular complexity index is 793. The minimum absolute atomic E-state index is 0.0207. The van der Waals surface area contributed by atoms with Crippen LogP contribution in [0.3, 0.4) is 0 Å². The number of carbonyl (C=O) groups is 1. The number of esters is 1. The lowest BCUT2D eigenvalue weighted by Gasteiger charge is -2.06. The van der Waals surface area contributed by atoms with Gasteiger partial charge in [-0.3, -0.25) is 25.0 Å². The van der Waals surface area contributed by atoms with E-state index in [1.54, 1.807) is 6.07 Å². The Morgan fingerprint density at radius 2 is 1.70 bits per heavy atom. The normalized spacial score (nSPS) is 10.1. The quantitative estimate of drug-likeness (QED) is 0.358. The average molecular weight is 337 g/mol. The molecule has 23 heavy (non-hydrogen) atoms. The SMILES string of the molecule is O=C(Cc1cccc([N+](=O)[O-])c1)Oc1ccc([N+](=O)[O-])cc1Cl. The third-order valence-corrected chi connectivity index (χ3v) is 3.12. The van der Waals surface area contributed by atoms with Crippen molar-refractivity contribution in [2.75, 3.05) is 0 Å². The Hall–Kier alpha value is -3.00. The molecule has 8 nitrogen and oxygen atoms in total. The zero-order valence-corrected chi connectivity index (χ0v) is 12.2. The average Bonchev–Trinajstić information content (AvgIpc) is 2.49. The molecule has 0 radical (unpaired) electrons. The smallest absolute Gasteiger partial charge is 0.315 e. The van der Waals surface area contributed by atoms with Crippen molar-refractivity contribution in [3.05, 3.63) is 73.3 Å². The number of ether oxygens (including phenoxy) is 1. The molecule has 0 unspecified atom stereocenters. The molecule has 0 fully saturated rings. The van der Waals surface area contributed by atoms with E-state index in [1.165, 1.54) is 24.3 Å². The van der Waals surface area contributed by atoms with Crippen LogP contribution in [0.1, 0.15) is 5.56 Å². The molecule has 0 bridgehead atoms. The minimum Gasteiger partial charge on any atom is -0.425 e. The predicted octanol–water partition coefficient (Wildman–Crippen LogP) is 3.30. The minimum atomic E-state index is -0.693. The van der Waals surface area contributed by atoms with E-state index >= 15 is 0 Å². The first kappa shape index (κ1) is 16.4. The van der Waals surface area contributed by atoms with Gasteiger partial charge in [0.25, 0.3) is 11.4 Å². The number of benzene rings is 2. The summed E-state index contributed by atoms with van der Waals surface area (Å²) in [5.41, 5.74) is 0.0411. The number of non-ortho nitro benzene ring substituents is 2. The molecule has 0 saturated carbocycles. The van der Waals surface area contributed by atoms with Crippen LogP contribution < -0.4 is 4.74 Å². The number of nitro groups is 2. The van der Waals surface area contributed by atoms with Crippen molar-refractivity contribution in [3.63, 3.8) is 0 Å². The van der Waals surface area contributed by atoms with E-state index in [-0.39, 0.29) is 28.6 Å². The maximum Gasteiger partial charge on any atom is 0.315 e. The Morgan fingerprint density at radius 1 is 1.04 bits per heavy atom. The summed E-state index contributed by atoms with van der Waals surface area (Å²) in [6.45, 7) is 0. The van der Waals surface area contributed by atoms with Gasteiger partial charge in [-0.2, -0.15) is 0 Å². The molecule has 0 saturated heterocycles. The fraction of sp³-hybridized carbons (Fsp3) is 0.0714. The summed E-state index contributed by atoms with van der Waals surface area (Å²) >= 11 is 5.82. The van der Waals surface area contributed by atoms with Crippen molar-refractivity contribution in [1.82, 2.24) is 0 Å². The number of carbonyl (C=O) groups excluding carboxylic acids is 1. The number of nitro benzene ring substituents is 2. The van der Waals surface area contributed by atoms with Crippen molar-refractivity contribution in [1.29, 1.82) is 0 Å². The van der Waals surface area contributed by atoms with Gasteiger partial charge in [0, 0.05) is 24.3 Å². The number of nitrogens with zero attached hydrogens (tertiary/aromatic N) is 2. The number of rotatable bonds is 5. The van der Waals surface area contributed by atoms with Gasteiger partial charge in [-0.05, 0) is 11.6 Å². The lowest BCUT2D eigenvalue weighted by Crippen LogP contribution is -2.11. The van der Waals surface area contributed by atoms with Gasteiger partial charge in [-0.1, -0.05) is 23.7 Å². The van der Waals surface area contributed by atoms with Crippen LogP contribution in [0.15, 0.2) is 42.5 Å². The second-order valence-electron chi connectivity index (χ2n) is 4.45. The first-order valence-corrected chi connectivity index (χ1v) is 6.62. The second-order valence-corrected chi connectivity index (χ2v) is 4.86. The summed E-state index contributed by atoms with van der Waals surface area (Å²) in [5.74, 6) is -0.714. The molecule has 0 atom stereocenters. The fourth-order valence-electron chi connectivity index (χ4n) is 1.79. The zero-order valence-electron chi connectivity index (χ0n) is 11.5. The highest BCUT2D eigenvalue weighted by molar-refractivity contribution is 6.32. The van der Waals surface area contributed by atoms with E-state index in [0.717, 1.165) is 12.1 Å². The summed E-state index contributed by atoms with van der Waals surface area (Å²) in [6, 6.07) is 9.01. The summed E-state index contributed by atoms with van der Waals surface area (Å²) in [4.78, 5) is 31.9. The first-order valence-electron chi connectivity index (χ1n) is 6.25. The second kappa shape index (κ2) is 6.84. The maximum atomic E-state index is 11.8. The van der Waals surface area contributed by atoms with Gasteiger partial charge in [-0.15, -0.1) is 0 Å². The van der Waals surface area contributed by atoms with Crippen LogP contribution in [0.2, 0.25) is 5.02 Å². The summed E-state index contributed by atoms with van der Waals surface area (Å²) in [7, 11) is 0. The number of halogens is 1. The molecular weight excluding hydrogens is 328 g/mol. The molecule has 2 aromatic carbocycles. The lowest BCUT2D eigenvalue weighted by molar-refractivity contribution is -0.385. The predicted molar refractivity (Wildman–Crippen MR) is 80.5 cm³/mol. The van der Waals surface area contributed by atoms with Crippen LogP contribution in [-0.4, -0.2) is 15.8 Å². The third-order valence-electron chi connectivity index (χ3n) is 2.82. The van der Waals surface area contributed by atoms with Crippen molar-refractivity contribution in [2.24, 2.45) is 0 Å². The van der Waals surface area contributed by atoms with Crippen molar-refractivity contribution >= 4 is 28.9 Å². The molecule has 0 aliphatic carbocycles. The van der Waals surface area contributed by atoms with Crippen LogP contribution in [0, 0.1) is 20.2 Å². The molecule has 0 amide bonds. The monoisotopic (exact) mass is 336 g/mol. The first-order chi connectivity index (χ1) is 10.9. The Labute approximate surface area is 134 Å². The van der Waals surface area contributed by atoms with E-state index in [9.17, 15) is 25.0 Å². The van der Waals surface area contributed by atoms with Crippen molar-refractivity contribution < 1.29 is 19.4 Å². The molecular formula is C14H9ClN2O6. The molecule has 0 N–H and O–H groups in total. The molecule has 2 aromatic rings. The number of hydrogen-bond donors (Lipinski definition) is 0. The van der Waals surface area contributed by atoms with Crippen LogP contribution in [0.25, 0.3) is 0 Å². The highest BCUT2D eigenvalue weighted by atomic mass is 35.5. The molecule has 2 rings (SSSR count). The molecule has 9 heteroatoms. The van der Waals surface area contributed by atoms with Gasteiger partial charge in [0.05, 0.1) is 21.3 Å².